The number of likely N-dealkylation sites (tertiary alicyclic amines) is 1. The molecule has 2 aromatic carbocycles. The smallest absolute Gasteiger partial charge is 0.219 e. The van der Waals surface area contributed by atoms with Gasteiger partial charge in [0.05, 0.1) is 0 Å². The lowest BCUT2D eigenvalue weighted by Gasteiger charge is -2.35. The molecule has 0 bridgehead atoms. The first-order chi connectivity index (χ1) is 23.7. The molecule has 0 unspecified atom stereocenters. The highest BCUT2D eigenvalue weighted by Gasteiger charge is 2.19. The Morgan fingerprint density at radius 3 is 1.58 bits per heavy atom. The van der Waals surface area contributed by atoms with Crippen LogP contribution in [0.25, 0.3) is 0 Å². The third-order valence-corrected chi connectivity index (χ3v) is 9.37. The molecule has 9 heteroatoms. The Morgan fingerprint density at radius 1 is 0.680 bits per heavy atom. The van der Waals surface area contributed by atoms with Crippen LogP contribution in [0.4, 0.5) is 11.4 Å². The zero-order chi connectivity index (χ0) is 37.2. The molecule has 2 aliphatic heterocycles. The summed E-state index contributed by atoms with van der Waals surface area (Å²) >= 11 is 0. The Kier molecular flexibility index (Phi) is 18.2. The summed E-state index contributed by atoms with van der Waals surface area (Å²) < 4.78 is 0. The van der Waals surface area contributed by atoms with E-state index in [0.29, 0.717) is 18.1 Å². The van der Waals surface area contributed by atoms with Gasteiger partial charge in [-0.25, -0.2) is 0 Å². The molecule has 50 heavy (non-hydrogen) atoms. The van der Waals surface area contributed by atoms with E-state index >= 15 is 0 Å². The highest BCUT2D eigenvalue weighted by Crippen LogP contribution is 2.24. The van der Waals surface area contributed by atoms with Crippen molar-refractivity contribution in [3.05, 3.63) is 71.8 Å². The molecule has 2 heterocycles. The van der Waals surface area contributed by atoms with Gasteiger partial charge in [-0.3, -0.25) is 24.0 Å². The number of Topliss-reactive ketones (excluding diaryl/α,β-unsaturated/α-hetero) is 3. The summed E-state index contributed by atoms with van der Waals surface area (Å²) in [6.07, 6.45) is 8.68. The van der Waals surface area contributed by atoms with Gasteiger partial charge in [-0.1, -0.05) is 43.5 Å². The maximum atomic E-state index is 11.2. The van der Waals surface area contributed by atoms with Crippen molar-refractivity contribution in [2.24, 2.45) is 5.92 Å². The minimum absolute atomic E-state index is 0.0861. The summed E-state index contributed by atoms with van der Waals surface area (Å²) in [7, 11) is 4.00. The van der Waals surface area contributed by atoms with E-state index in [1.165, 1.54) is 24.8 Å². The average molecular weight is 689 g/mol. The minimum atomic E-state index is 0.0861. The monoisotopic (exact) mass is 688 g/mol. The number of hydrogen-bond acceptors (Lipinski definition) is 7. The van der Waals surface area contributed by atoms with Crippen LogP contribution < -0.4 is 9.80 Å². The standard InChI is InChI=1S/C14H18N2O2.C11H15NO.C8H13NO.C8H14O/c1-11(17)13-3-5-14(6-4-13)16-9-7-15(8-10-16)12(2)18;1-9(13)8-10-4-6-11(7-5-10)12(2)3;1-7-3-5-9(6-4-7)8(2)10;1-7(9)8-5-3-2-4-6-8/h3-6H,7-10H2,1-2H3;4-7H,8H2,1-3H3;1,3-6H2,2H3;8H,2-6H2,1H3. The van der Waals surface area contributed by atoms with Gasteiger partial charge >= 0.3 is 0 Å². The minimum Gasteiger partial charge on any atom is -0.378 e. The van der Waals surface area contributed by atoms with Crippen molar-refractivity contribution in [1.29, 1.82) is 0 Å². The number of anilines is 2. The molecule has 1 aliphatic carbocycles. The number of rotatable bonds is 6. The van der Waals surface area contributed by atoms with Crippen LogP contribution in [-0.4, -0.2) is 92.3 Å². The molecule has 3 fully saturated rings. The molecule has 0 aromatic heterocycles. The lowest BCUT2D eigenvalue weighted by Crippen LogP contribution is -2.48. The predicted molar refractivity (Wildman–Crippen MR) is 204 cm³/mol. The molecule has 1 saturated carbocycles. The van der Waals surface area contributed by atoms with Gasteiger partial charge in [0.1, 0.15) is 11.6 Å². The summed E-state index contributed by atoms with van der Waals surface area (Å²) in [6, 6.07) is 15.7. The Bertz CT molecular complexity index is 1390. The molecule has 3 aliphatic rings. The first kappa shape index (κ1) is 41.9. The lowest BCUT2D eigenvalue weighted by atomic mass is 9.87. The van der Waals surface area contributed by atoms with E-state index in [4.69, 9.17) is 0 Å². The SMILES string of the molecule is C=C1CCN(C(C)=O)CC1.CC(=O)C1CCCCC1.CC(=O)Cc1ccc(N(C)C)cc1.CC(=O)c1ccc(N2CCN(C(C)=O)CC2)cc1. The molecule has 5 rings (SSSR count). The third-order valence-electron chi connectivity index (χ3n) is 9.37. The maximum absolute atomic E-state index is 11.2. The zero-order valence-electron chi connectivity index (χ0n) is 31.6. The Balaban J connectivity index is 0.000000240. The summed E-state index contributed by atoms with van der Waals surface area (Å²) in [4.78, 5) is 62.9. The van der Waals surface area contributed by atoms with Gasteiger partial charge in [-0.15, -0.1) is 0 Å². The topological polar surface area (TPSA) is 98.3 Å². The number of carbonyl (C=O) groups excluding carboxylic acids is 5. The molecule has 2 amide bonds. The van der Waals surface area contributed by atoms with Crippen LogP contribution >= 0.6 is 0 Å². The predicted octanol–water partition coefficient (Wildman–Crippen LogP) is 6.78. The molecule has 274 valence electrons. The fourth-order valence-electron chi connectivity index (χ4n) is 6.03. The number of piperidine rings is 1. The van der Waals surface area contributed by atoms with Crippen LogP contribution in [0.5, 0.6) is 0 Å². The first-order valence-electron chi connectivity index (χ1n) is 18.0. The maximum Gasteiger partial charge on any atom is 0.219 e. The lowest BCUT2D eigenvalue weighted by molar-refractivity contribution is -0.130. The van der Waals surface area contributed by atoms with Crippen LogP contribution in [0.2, 0.25) is 0 Å². The van der Waals surface area contributed by atoms with Gasteiger partial charge in [-0.05, 0) is 88.4 Å². The van der Waals surface area contributed by atoms with E-state index in [2.05, 4.69) is 11.5 Å². The summed E-state index contributed by atoms with van der Waals surface area (Å²) in [5.74, 6) is 1.43. The average Bonchev–Trinajstić information content (AvgIpc) is 3.10. The highest BCUT2D eigenvalue weighted by atomic mass is 16.2. The van der Waals surface area contributed by atoms with E-state index in [0.717, 1.165) is 87.5 Å². The van der Waals surface area contributed by atoms with Crippen LogP contribution in [-0.2, 0) is 25.6 Å². The molecule has 0 N–H and O–H groups in total. The van der Waals surface area contributed by atoms with Gasteiger partial charge < -0.3 is 19.6 Å². The van der Waals surface area contributed by atoms with Crippen molar-refractivity contribution in [2.75, 3.05) is 63.2 Å². The Labute approximate surface area is 300 Å². The van der Waals surface area contributed by atoms with Crippen molar-refractivity contribution in [3.8, 4) is 0 Å². The van der Waals surface area contributed by atoms with E-state index in [1.807, 2.05) is 77.3 Å². The van der Waals surface area contributed by atoms with E-state index in [9.17, 15) is 24.0 Å². The van der Waals surface area contributed by atoms with E-state index < -0.39 is 0 Å². The van der Waals surface area contributed by atoms with E-state index in [-0.39, 0.29) is 23.4 Å². The van der Waals surface area contributed by atoms with Crippen molar-refractivity contribution in [1.82, 2.24) is 9.80 Å². The fourth-order valence-corrected chi connectivity index (χ4v) is 6.03. The van der Waals surface area contributed by atoms with Crippen LogP contribution in [0, 0.1) is 5.92 Å². The number of carbonyl (C=O) groups is 5. The summed E-state index contributed by atoms with van der Waals surface area (Å²) in [5, 5.41) is 0. The number of ketones is 3. The van der Waals surface area contributed by atoms with Gasteiger partial charge in [0.25, 0.3) is 0 Å². The number of benzene rings is 2. The van der Waals surface area contributed by atoms with Gasteiger partial charge in [0.2, 0.25) is 11.8 Å². The molecule has 0 spiro atoms. The second kappa shape index (κ2) is 21.7. The molecule has 2 aromatic rings. The second-order valence-corrected chi connectivity index (χ2v) is 13.7. The number of nitrogens with zero attached hydrogens (tertiary/aromatic N) is 4. The number of piperazine rings is 1. The summed E-state index contributed by atoms with van der Waals surface area (Å²) in [6.45, 7) is 17.0. The highest BCUT2D eigenvalue weighted by molar-refractivity contribution is 5.94. The van der Waals surface area contributed by atoms with Gasteiger partial charge in [0.15, 0.2) is 5.78 Å². The van der Waals surface area contributed by atoms with Crippen molar-refractivity contribution in [2.45, 2.75) is 86.0 Å². The molecular formula is C41H60N4O5. The zero-order valence-corrected chi connectivity index (χ0v) is 31.6. The fraction of sp³-hybridized carbons (Fsp3) is 0.537. The quantitative estimate of drug-likeness (QED) is 0.244. The number of amides is 2. The van der Waals surface area contributed by atoms with Crippen LogP contribution in [0.3, 0.4) is 0 Å². The molecule has 2 saturated heterocycles. The molecule has 0 radical (unpaired) electrons. The summed E-state index contributed by atoms with van der Waals surface area (Å²) in [5.41, 5.74) is 5.37. The normalized spacial score (nSPS) is 16.0. The van der Waals surface area contributed by atoms with Crippen LogP contribution in [0.15, 0.2) is 60.7 Å². The van der Waals surface area contributed by atoms with Crippen molar-refractivity contribution >= 4 is 40.5 Å². The van der Waals surface area contributed by atoms with Crippen LogP contribution in [0.1, 0.15) is 95.5 Å². The molecule has 0 atom stereocenters. The number of hydrogen-bond donors (Lipinski definition) is 0. The van der Waals surface area contributed by atoms with Crippen molar-refractivity contribution in [3.63, 3.8) is 0 Å². The molecular weight excluding hydrogens is 628 g/mol. The van der Waals surface area contributed by atoms with E-state index in [1.54, 1.807) is 34.6 Å². The first-order valence-corrected chi connectivity index (χ1v) is 18.0. The van der Waals surface area contributed by atoms with Crippen molar-refractivity contribution < 1.29 is 24.0 Å². The third kappa shape index (κ3) is 15.5. The second-order valence-electron chi connectivity index (χ2n) is 13.7. The Morgan fingerprint density at radius 2 is 1.18 bits per heavy atom. The van der Waals surface area contributed by atoms with Gasteiger partial charge in [0, 0.05) is 96.5 Å². The van der Waals surface area contributed by atoms with Gasteiger partial charge in [-0.2, -0.15) is 0 Å². The largest absolute Gasteiger partial charge is 0.378 e. The molecule has 9 nitrogen and oxygen atoms in total. The Hall–Kier alpha value is -4.27.